The van der Waals surface area contributed by atoms with E-state index in [2.05, 4.69) is 24.8 Å². The highest BCUT2D eigenvalue weighted by molar-refractivity contribution is 6.33. The van der Waals surface area contributed by atoms with Crippen LogP contribution in [0.3, 0.4) is 0 Å². The van der Waals surface area contributed by atoms with Crippen LogP contribution in [0.5, 0.6) is 11.5 Å². The van der Waals surface area contributed by atoms with Crippen molar-refractivity contribution in [2.45, 2.75) is 20.1 Å². The number of anilines is 1. The maximum atomic E-state index is 13.6. The number of hydrogen-bond donors (Lipinski definition) is 1. The Morgan fingerprint density at radius 2 is 1.65 bits per heavy atom. The molecule has 0 unspecified atom stereocenters. The van der Waals surface area contributed by atoms with Crippen molar-refractivity contribution >= 4 is 23.3 Å². The molecule has 1 aromatic carbocycles. The molecule has 6 nitrogen and oxygen atoms in total. The zero-order valence-corrected chi connectivity index (χ0v) is 16.8. The van der Waals surface area contributed by atoms with E-state index in [-0.39, 0.29) is 22.3 Å². The number of halogens is 5. The number of nitrogens with zero attached hydrogens (tertiary/aromatic N) is 2. The Balaban J connectivity index is 0.00000132. The first-order chi connectivity index (χ1) is 14.7. The summed E-state index contributed by atoms with van der Waals surface area (Å²) in [6.45, 7) is 4.00. The zero-order valence-electron chi connectivity index (χ0n) is 16.1. The smallest absolute Gasteiger partial charge is 0.395 e. The van der Waals surface area contributed by atoms with Crippen LogP contribution in [0.25, 0.3) is 11.1 Å². The monoisotopic (exact) mass is 455 g/mol. The van der Waals surface area contributed by atoms with Crippen LogP contribution in [0.15, 0.2) is 42.9 Å². The fourth-order valence-corrected chi connectivity index (χ4v) is 2.89. The molecule has 3 heterocycles. The number of aromatic nitrogens is 2. The Hall–Kier alpha value is -3.40. The number of nitrogens with one attached hydrogen (secondary N) is 1. The fourth-order valence-electron chi connectivity index (χ4n) is 2.63. The Morgan fingerprint density at radius 3 is 2.23 bits per heavy atom. The van der Waals surface area contributed by atoms with Crippen LogP contribution >= 0.6 is 11.6 Å². The molecule has 1 amide bonds. The van der Waals surface area contributed by atoms with Crippen LogP contribution in [0, 0.1) is 11.6 Å². The maximum Gasteiger partial charge on any atom is 0.586 e. The molecule has 31 heavy (non-hydrogen) atoms. The highest BCUT2D eigenvalue weighted by atomic mass is 35.5. The fraction of sp³-hybridized carbons (Fsp3) is 0.150. The standard InChI is InChI=1S/C18H8ClF4N3O3.C2H6/c19-10-4-14-13(28-18(22,23)29-14)3-9(10)8-1-2-15(25-5-8)26-17(27)16-11(20)6-24-7-12(16)21;1-2/h1-7H,(H,25,26,27);1-2H3. The van der Waals surface area contributed by atoms with E-state index < -0.39 is 29.4 Å². The van der Waals surface area contributed by atoms with Crippen LogP contribution in [0.2, 0.25) is 5.02 Å². The summed E-state index contributed by atoms with van der Waals surface area (Å²) in [5.41, 5.74) is -0.0650. The third-order valence-corrected chi connectivity index (χ3v) is 4.20. The number of carbonyl (C=O) groups excluding carboxylic acids is 1. The molecule has 2 aromatic heterocycles. The molecule has 0 saturated carbocycles. The van der Waals surface area contributed by atoms with Gasteiger partial charge < -0.3 is 14.8 Å². The summed E-state index contributed by atoms with van der Waals surface area (Å²) in [4.78, 5) is 19.3. The lowest BCUT2D eigenvalue weighted by Gasteiger charge is -2.08. The van der Waals surface area contributed by atoms with Gasteiger partial charge >= 0.3 is 6.29 Å². The summed E-state index contributed by atoms with van der Waals surface area (Å²) >= 11 is 6.11. The van der Waals surface area contributed by atoms with E-state index in [4.69, 9.17) is 11.6 Å². The van der Waals surface area contributed by atoms with Crippen molar-refractivity contribution in [2.24, 2.45) is 0 Å². The van der Waals surface area contributed by atoms with Crippen LogP contribution in [0.1, 0.15) is 24.2 Å². The average Bonchev–Trinajstić information content (AvgIpc) is 3.02. The van der Waals surface area contributed by atoms with Gasteiger partial charge in [0.05, 0.1) is 17.4 Å². The molecular formula is C20H14ClF4N3O3. The summed E-state index contributed by atoms with van der Waals surface area (Å²) in [7, 11) is 0. The molecule has 0 spiro atoms. The van der Waals surface area contributed by atoms with Gasteiger partial charge in [0, 0.05) is 23.4 Å². The summed E-state index contributed by atoms with van der Waals surface area (Å²) in [5, 5.41) is 2.35. The number of benzene rings is 1. The number of hydrogen-bond acceptors (Lipinski definition) is 5. The van der Waals surface area contributed by atoms with Crippen LogP contribution in [-0.2, 0) is 0 Å². The van der Waals surface area contributed by atoms with Gasteiger partial charge in [0.2, 0.25) is 0 Å². The lowest BCUT2D eigenvalue weighted by molar-refractivity contribution is -0.286. The number of alkyl halides is 2. The van der Waals surface area contributed by atoms with Gasteiger partial charge in [-0.1, -0.05) is 25.4 Å². The van der Waals surface area contributed by atoms with Crippen LogP contribution in [0.4, 0.5) is 23.4 Å². The van der Waals surface area contributed by atoms with Gasteiger partial charge in [-0.15, -0.1) is 8.78 Å². The van der Waals surface area contributed by atoms with Gasteiger partial charge in [-0.3, -0.25) is 9.78 Å². The van der Waals surface area contributed by atoms with Crippen molar-refractivity contribution < 1.29 is 31.8 Å². The van der Waals surface area contributed by atoms with Gasteiger partial charge in [0.15, 0.2) is 23.1 Å². The second kappa shape index (κ2) is 8.76. The predicted molar refractivity (Wildman–Crippen MR) is 104 cm³/mol. The van der Waals surface area contributed by atoms with Crippen LogP contribution < -0.4 is 14.8 Å². The van der Waals surface area contributed by atoms with Crippen molar-refractivity contribution in [1.82, 2.24) is 9.97 Å². The number of rotatable bonds is 3. The summed E-state index contributed by atoms with van der Waals surface area (Å²) in [6, 6.07) is 5.26. The predicted octanol–water partition coefficient (Wildman–Crippen LogP) is 5.68. The van der Waals surface area contributed by atoms with E-state index in [0.29, 0.717) is 23.5 Å². The Bertz CT molecular complexity index is 1110. The summed E-state index contributed by atoms with van der Waals surface area (Å²) in [5.74, 6) is -3.70. The molecule has 0 atom stereocenters. The minimum absolute atomic E-state index is 0.00207. The lowest BCUT2D eigenvalue weighted by atomic mass is 10.1. The Labute approximate surface area is 178 Å². The number of amides is 1. The lowest BCUT2D eigenvalue weighted by Crippen LogP contribution is -2.25. The van der Waals surface area contributed by atoms with Gasteiger partial charge in [0.25, 0.3) is 5.91 Å². The minimum atomic E-state index is -3.78. The molecule has 0 aliphatic carbocycles. The van der Waals surface area contributed by atoms with Crippen molar-refractivity contribution in [2.75, 3.05) is 5.32 Å². The first kappa shape index (κ1) is 22.3. The quantitative estimate of drug-likeness (QED) is 0.515. The number of fused-ring (bicyclic) bond motifs is 1. The average molecular weight is 456 g/mol. The zero-order chi connectivity index (χ0) is 22.8. The molecule has 11 heteroatoms. The van der Waals surface area contributed by atoms with E-state index in [1.807, 2.05) is 13.8 Å². The third kappa shape index (κ3) is 4.69. The topological polar surface area (TPSA) is 73.3 Å². The second-order valence-electron chi connectivity index (χ2n) is 5.81. The van der Waals surface area contributed by atoms with E-state index in [1.165, 1.54) is 30.5 Å². The molecule has 1 aliphatic heterocycles. The molecule has 1 N–H and O–H groups in total. The third-order valence-electron chi connectivity index (χ3n) is 3.89. The van der Waals surface area contributed by atoms with Crippen molar-refractivity contribution in [3.63, 3.8) is 0 Å². The molecule has 1 aliphatic rings. The number of pyridine rings is 2. The molecule has 0 bridgehead atoms. The molecular weight excluding hydrogens is 442 g/mol. The first-order valence-electron chi connectivity index (χ1n) is 8.90. The van der Waals surface area contributed by atoms with Gasteiger partial charge in [0.1, 0.15) is 11.4 Å². The van der Waals surface area contributed by atoms with Crippen molar-refractivity contribution in [3.8, 4) is 22.6 Å². The number of ether oxygens (including phenoxy) is 2. The molecule has 3 aromatic rings. The summed E-state index contributed by atoms with van der Waals surface area (Å²) in [6.07, 6.45) is -1.08. The van der Waals surface area contributed by atoms with E-state index in [0.717, 1.165) is 0 Å². The van der Waals surface area contributed by atoms with Gasteiger partial charge in [-0.25, -0.2) is 13.8 Å². The molecule has 0 radical (unpaired) electrons. The highest BCUT2D eigenvalue weighted by Gasteiger charge is 2.43. The first-order valence-corrected chi connectivity index (χ1v) is 9.27. The van der Waals surface area contributed by atoms with E-state index in [1.54, 1.807) is 0 Å². The largest absolute Gasteiger partial charge is 0.586 e. The van der Waals surface area contributed by atoms with Crippen LogP contribution in [-0.4, -0.2) is 22.2 Å². The maximum absolute atomic E-state index is 13.6. The minimum Gasteiger partial charge on any atom is -0.395 e. The van der Waals surface area contributed by atoms with Crippen molar-refractivity contribution in [3.05, 3.63) is 65.1 Å². The molecule has 4 rings (SSSR count). The Kier molecular flexibility index (Phi) is 6.30. The number of carbonyl (C=O) groups is 1. The molecule has 0 fully saturated rings. The Morgan fingerprint density at radius 1 is 1.03 bits per heavy atom. The van der Waals surface area contributed by atoms with Crippen molar-refractivity contribution in [1.29, 1.82) is 0 Å². The molecule has 162 valence electrons. The van der Waals surface area contributed by atoms with E-state index in [9.17, 15) is 22.4 Å². The normalized spacial score (nSPS) is 13.3. The molecule has 0 saturated heterocycles. The second-order valence-corrected chi connectivity index (χ2v) is 6.22. The van der Waals surface area contributed by atoms with Gasteiger partial charge in [-0.05, 0) is 18.2 Å². The SMILES string of the molecule is CC.O=C(Nc1ccc(-c2cc3c(cc2Cl)OC(F)(F)O3)cn1)c1c(F)cncc1F. The highest BCUT2D eigenvalue weighted by Crippen LogP contribution is 2.46. The summed E-state index contributed by atoms with van der Waals surface area (Å²) < 4.78 is 62.3. The van der Waals surface area contributed by atoms with E-state index >= 15 is 0 Å². The van der Waals surface area contributed by atoms with Gasteiger partial charge in [-0.2, -0.15) is 0 Å².